The lowest BCUT2D eigenvalue weighted by Crippen LogP contribution is -2.36. The summed E-state index contributed by atoms with van der Waals surface area (Å²) in [5.41, 5.74) is 3.09. The van der Waals surface area contributed by atoms with Crippen LogP contribution in [-0.4, -0.2) is 28.5 Å². The van der Waals surface area contributed by atoms with Crippen molar-refractivity contribution in [3.8, 4) is 5.75 Å². The Morgan fingerprint density at radius 3 is 2.65 bits per heavy atom. The molecule has 8 heteroatoms. The van der Waals surface area contributed by atoms with Gasteiger partial charge < -0.3 is 9.72 Å². The van der Waals surface area contributed by atoms with Crippen molar-refractivity contribution in [1.29, 1.82) is 0 Å². The Morgan fingerprint density at radius 2 is 2.00 bits per heavy atom. The van der Waals surface area contributed by atoms with Gasteiger partial charge in [0.25, 0.3) is 5.56 Å². The molecule has 1 N–H and O–H groups in total. The van der Waals surface area contributed by atoms with Gasteiger partial charge in [0.15, 0.2) is 0 Å². The Kier molecular flexibility index (Phi) is 4.79. The second-order valence-electron chi connectivity index (χ2n) is 6.48. The number of H-pyrrole nitrogens is 1. The highest BCUT2D eigenvalue weighted by molar-refractivity contribution is 5.43. The van der Waals surface area contributed by atoms with Crippen LogP contribution in [0.3, 0.4) is 0 Å². The van der Waals surface area contributed by atoms with Crippen molar-refractivity contribution < 1.29 is 17.9 Å². The van der Waals surface area contributed by atoms with E-state index in [-0.39, 0.29) is 12.2 Å². The molecule has 2 heterocycles. The monoisotopic (exact) mass is 367 g/mol. The van der Waals surface area contributed by atoms with Crippen molar-refractivity contribution in [1.82, 2.24) is 14.9 Å². The van der Waals surface area contributed by atoms with Crippen LogP contribution in [0.2, 0.25) is 0 Å². The van der Waals surface area contributed by atoms with Crippen LogP contribution in [0.5, 0.6) is 5.75 Å². The lowest BCUT2D eigenvalue weighted by Gasteiger charge is -2.28. The van der Waals surface area contributed by atoms with Crippen LogP contribution in [-0.2, 0) is 25.7 Å². The fraction of sp³-hybridized carbons (Fsp3) is 0.444. The minimum Gasteiger partial charge on any atom is -0.496 e. The molecule has 0 atom stereocenters. The fourth-order valence-electron chi connectivity index (χ4n) is 3.24. The number of methoxy groups -OCH3 is 1. The summed E-state index contributed by atoms with van der Waals surface area (Å²) in [6.45, 7) is 5.42. The first-order chi connectivity index (χ1) is 12.2. The second kappa shape index (κ2) is 6.75. The van der Waals surface area contributed by atoms with Crippen molar-refractivity contribution in [2.45, 2.75) is 39.5 Å². The van der Waals surface area contributed by atoms with Crippen molar-refractivity contribution in [2.75, 3.05) is 13.7 Å². The largest absolute Gasteiger partial charge is 0.496 e. The van der Waals surface area contributed by atoms with Crippen LogP contribution in [0.15, 0.2) is 16.9 Å². The van der Waals surface area contributed by atoms with Gasteiger partial charge in [0, 0.05) is 26.1 Å². The Hall–Kier alpha value is -2.35. The van der Waals surface area contributed by atoms with E-state index in [1.54, 1.807) is 7.11 Å². The number of nitrogens with one attached hydrogen (secondary N) is 1. The number of halogens is 3. The molecule has 0 amide bonds. The molecule has 5 nitrogen and oxygen atoms in total. The summed E-state index contributed by atoms with van der Waals surface area (Å²) in [4.78, 5) is 19.6. The zero-order chi connectivity index (χ0) is 19.1. The minimum atomic E-state index is -4.65. The molecule has 0 radical (unpaired) electrons. The summed E-state index contributed by atoms with van der Waals surface area (Å²) in [6, 6.07) is 3.88. The SMILES string of the molecule is COc1ccc(CN2CCc3nc(C(F)(F)F)[nH]c(=O)c3C2)c(C)c1C. The summed E-state index contributed by atoms with van der Waals surface area (Å²) >= 11 is 0. The number of aromatic amines is 1. The molecule has 0 aliphatic carbocycles. The molecule has 140 valence electrons. The topological polar surface area (TPSA) is 58.2 Å². The number of benzene rings is 1. The quantitative estimate of drug-likeness (QED) is 0.906. The smallest absolute Gasteiger partial charge is 0.449 e. The Balaban J connectivity index is 1.84. The van der Waals surface area contributed by atoms with Gasteiger partial charge >= 0.3 is 6.18 Å². The Morgan fingerprint density at radius 1 is 1.27 bits per heavy atom. The van der Waals surface area contributed by atoms with Gasteiger partial charge in [-0.25, -0.2) is 4.98 Å². The fourth-order valence-corrected chi connectivity index (χ4v) is 3.24. The number of rotatable bonds is 3. The number of ether oxygens (including phenoxy) is 1. The number of hydrogen-bond donors (Lipinski definition) is 1. The Bertz CT molecular complexity index is 890. The summed E-state index contributed by atoms with van der Waals surface area (Å²) in [7, 11) is 1.62. The summed E-state index contributed by atoms with van der Waals surface area (Å²) < 4.78 is 43.7. The zero-order valence-electron chi connectivity index (χ0n) is 14.8. The Labute approximate surface area is 148 Å². The summed E-state index contributed by atoms with van der Waals surface area (Å²) in [5.74, 6) is -0.410. The standard InChI is InChI=1S/C18H20F3N3O2/c1-10-11(2)15(26-3)5-4-12(10)8-24-7-6-14-13(9-24)16(25)23-17(22-14)18(19,20)21/h4-5H,6-9H2,1-3H3,(H,22,23,25). The molecule has 0 fully saturated rings. The molecular weight excluding hydrogens is 347 g/mol. The molecule has 1 aliphatic rings. The van der Waals surface area contributed by atoms with E-state index >= 15 is 0 Å². The van der Waals surface area contributed by atoms with Crippen LogP contribution in [0.4, 0.5) is 13.2 Å². The van der Waals surface area contributed by atoms with Crippen LogP contribution >= 0.6 is 0 Å². The molecule has 0 spiro atoms. The van der Waals surface area contributed by atoms with Crippen molar-refractivity contribution in [3.63, 3.8) is 0 Å². The molecular formula is C18H20F3N3O2. The van der Waals surface area contributed by atoms with E-state index in [2.05, 4.69) is 4.98 Å². The number of hydrogen-bond acceptors (Lipinski definition) is 4. The van der Waals surface area contributed by atoms with Gasteiger partial charge in [0.1, 0.15) is 5.75 Å². The summed E-state index contributed by atoms with van der Waals surface area (Å²) in [6.07, 6.45) is -4.33. The molecule has 0 saturated heterocycles. The van der Waals surface area contributed by atoms with Gasteiger partial charge in [0.05, 0.1) is 18.4 Å². The van der Waals surface area contributed by atoms with Crippen LogP contribution in [0.1, 0.15) is 33.8 Å². The minimum absolute atomic E-state index is 0.236. The maximum atomic E-state index is 12.8. The van der Waals surface area contributed by atoms with Gasteiger partial charge in [-0.3, -0.25) is 9.69 Å². The van der Waals surface area contributed by atoms with Gasteiger partial charge in [-0.1, -0.05) is 6.07 Å². The van der Waals surface area contributed by atoms with Gasteiger partial charge in [-0.05, 0) is 36.6 Å². The van der Waals surface area contributed by atoms with E-state index in [0.717, 1.165) is 22.4 Å². The molecule has 3 rings (SSSR count). The first kappa shape index (κ1) is 18.4. The van der Waals surface area contributed by atoms with Crippen LogP contribution in [0, 0.1) is 13.8 Å². The van der Waals surface area contributed by atoms with Gasteiger partial charge in [-0.15, -0.1) is 0 Å². The van der Waals surface area contributed by atoms with Crippen molar-refractivity contribution in [3.05, 3.63) is 56.3 Å². The number of nitrogens with zero attached hydrogens (tertiary/aromatic N) is 2. The average molecular weight is 367 g/mol. The summed E-state index contributed by atoms with van der Waals surface area (Å²) in [5, 5.41) is 0. The maximum Gasteiger partial charge on any atom is 0.449 e. The number of fused-ring (bicyclic) bond motifs is 1. The lowest BCUT2D eigenvalue weighted by atomic mass is 10.0. The molecule has 1 aromatic carbocycles. The highest BCUT2D eigenvalue weighted by atomic mass is 19.4. The number of aromatic nitrogens is 2. The van der Waals surface area contributed by atoms with E-state index < -0.39 is 17.6 Å². The zero-order valence-corrected chi connectivity index (χ0v) is 14.8. The van der Waals surface area contributed by atoms with E-state index in [0.29, 0.717) is 25.1 Å². The number of alkyl halides is 3. The van der Waals surface area contributed by atoms with Crippen molar-refractivity contribution >= 4 is 0 Å². The highest BCUT2D eigenvalue weighted by Crippen LogP contribution is 2.28. The van der Waals surface area contributed by atoms with E-state index in [1.807, 2.05) is 35.9 Å². The third kappa shape index (κ3) is 3.46. The predicted octanol–water partition coefficient (Wildman–Crippen LogP) is 2.97. The molecule has 0 unspecified atom stereocenters. The van der Waals surface area contributed by atoms with Crippen LogP contribution < -0.4 is 10.3 Å². The van der Waals surface area contributed by atoms with E-state index in [9.17, 15) is 18.0 Å². The normalized spacial score (nSPS) is 15.0. The average Bonchev–Trinajstić information content (AvgIpc) is 2.59. The maximum absolute atomic E-state index is 12.8. The lowest BCUT2D eigenvalue weighted by molar-refractivity contribution is -0.145. The molecule has 2 aromatic rings. The van der Waals surface area contributed by atoms with Crippen LogP contribution in [0.25, 0.3) is 0 Å². The molecule has 1 aromatic heterocycles. The van der Waals surface area contributed by atoms with Gasteiger partial charge in [-0.2, -0.15) is 13.2 Å². The molecule has 0 bridgehead atoms. The predicted molar refractivity (Wildman–Crippen MR) is 90.1 cm³/mol. The molecule has 1 aliphatic heterocycles. The van der Waals surface area contributed by atoms with Gasteiger partial charge in [0.2, 0.25) is 5.82 Å². The first-order valence-electron chi connectivity index (χ1n) is 8.25. The highest BCUT2D eigenvalue weighted by Gasteiger charge is 2.36. The third-order valence-electron chi connectivity index (χ3n) is 4.88. The second-order valence-corrected chi connectivity index (χ2v) is 6.48. The van der Waals surface area contributed by atoms with E-state index in [4.69, 9.17) is 4.74 Å². The first-order valence-corrected chi connectivity index (χ1v) is 8.25. The third-order valence-corrected chi connectivity index (χ3v) is 4.88. The molecule has 26 heavy (non-hydrogen) atoms. The molecule has 0 saturated carbocycles. The van der Waals surface area contributed by atoms with Crippen molar-refractivity contribution in [2.24, 2.45) is 0 Å². The van der Waals surface area contributed by atoms with E-state index in [1.165, 1.54) is 0 Å².